The normalized spacial score (nSPS) is 21.3. The third kappa shape index (κ3) is 1.41. The minimum absolute atomic E-state index is 0.573. The van der Waals surface area contributed by atoms with Crippen molar-refractivity contribution in [3.63, 3.8) is 0 Å². The van der Waals surface area contributed by atoms with Crippen LogP contribution in [0.3, 0.4) is 0 Å². The molecule has 15 heavy (non-hydrogen) atoms. The van der Waals surface area contributed by atoms with E-state index in [1.54, 1.807) is 0 Å². The summed E-state index contributed by atoms with van der Waals surface area (Å²) in [5.41, 5.74) is 2.19. The molecule has 0 aromatic carbocycles. The van der Waals surface area contributed by atoms with Gasteiger partial charge >= 0.3 is 0 Å². The van der Waals surface area contributed by atoms with Crippen molar-refractivity contribution in [2.24, 2.45) is 0 Å². The van der Waals surface area contributed by atoms with Crippen molar-refractivity contribution in [1.29, 1.82) is 0 Å². The van der Waals surface area contributed by atoms with Crippen molar-refractivity contribution in [1.82, 2.24) is 19.7 Å². The lowest BCUT2D eigenvalue weighted by Gasteiger charge is -2.01. The molecule has 2 aromatic heterocycles. The quantitative estimate of drug-likeness (QED) is 0.753. The fourth-order valence-corrected chi connectivity index (χ4v) is 2.17. The largest absolute Gasteiger partial charge is 0.316 e. The lowest BCUT2D eigenvalue weighted by Crippen LogP contribution is -2.08. The smallest absolute Gasteiger partial charge is 0.139 e. The molecule has 0 aliphatic carbocycles. The molecule has 4 nitrogen and oxygen atoms in total. The molecule has 0 bridgehead atoms. The Labute approximate surface area is 88.4 Å². The van der Waals surface area contributed by atoms with Gasteiger partial charge in [0.1, 0.15) is 11.5 Å². The second kappa shape index (κ2) is 3.31. The second-order valence-electron chi connectivity index (χ2n) is 4.08. The second-order valence-corrected chi connectivity index (χ2v) is 4.08. The van der Waals surface area contributed by atoms with Crippen molar-refractivity contribution in [2.75, 3.05) is 13.1 Å². The van der Waals surface area contributed by atoms with E-state index in [9.17, 15) is 0 Å². The number of imidazole rings is 1. The van der Waals surface area contributed by atoms with Crippen LogP contribution in [0, 0.1) is 6.92 Å². The Balaban J connectivity index is 2.09. The highest BCUT2D eigenvalue weighted by atomic mass is 15.1. The Kier molecular flexibility index (Phi) is 1.95. The lowest BCUT2D eigenvalue weighted by molar-refractivity contribution is 0.741. The first kappa shape index (κ1) is 8.85. The molecule has 0 saturated carbocycles. The maximum absolute atomic E-state index is 4.64. The lowest BCUT2D eigenvalue weighted by atomic mass is 10.1. The molecule has 1 aliphatic heterocycles. The molecule has 1 aliphatic rings. The Hall–Kier alpha value is -1.42. The molecular weight excluding hydrogens is 188 g/mol. The van der Waals surface area contributed by atoms with Gasteiger partial charge in [-0.25, -0.2) is 9.97 Å². The fraction of sp³-hybridized carbons (Fsp3) is 0.455. The summed E-state index contributed by atoms with van der Waals surface area (Å²) in [6.07, 6.45) is 5.13. The van der Waals surface area contributed by atoms with Crippen LogP contribution >= 0.6 is 0 Å². The highest BCUT2D eigenvalue weighted by molar-refractivity contribution is 5.40. The van der Waals surface area contributed by atoms with E-state index in [0.717, 1.165) is 24.6 Å². The van der Waals surface area contributed by atoms with Crippen LogP contribution in [-0.2, 0) is 0 Å². The number of aryl methyl sites for hydroxylation is 1. The minimum atomic E-state index is 0.573. The molecule has 2 aromatic rings. The molecule has 1 N–H and O–H groups in total. The van der Waals surface area contributed by atoms with Gasteiger partial charge in [0.05, 0.1) is 5.69 Å². The number of nitrogens with one attached hydrogen (secondary N) is 1. The van der Waals surface area contributed by atoms with Gasteiger partial charge in [0.15, 0.2) is 0 Å². The molecule has 1 fully saturated rings. The monoisotopic (exact) mass is 202 g/mol. The van der Waals surface area contributed by atoms with Gasteiger partial charge in [0.2, 0.25) is 0 Å². The maximum Gasteiger partial charge on any atom is 0.139 e. The zero-order chi connectivity index (χ0) is 10.3. The van der Waals surface area contributed by atoms with Gasteiger partial charge in [0, 0.05) is 24.9 Å². The standard InChI is InChI=1S/C11H14N4/c1-8-13-5-3-11-14-10(7-15(8)11)9-2-4-12-6-9/h3,5,7,9,12H,2,4,6H2,1H3. The zero-order valence-corrected chi connectivity index (χ0v) is 8.77. The van der Waals surface area contributed by atoms with Gasteiger partial charge in [-0.15, -0.1) is 0 Å². The van der Waals surface area contributed by atoms with Crippen LogP contribution in [0.25, 0.3) is 5.65 Å². The van der Waals surface area contributed by atoms with Crippen molar-refractivity contribution >= 4 is 5.65 Å². The van der Waals surface area contributed by atoms with Crippen LogP contribution in [0.5, 0.6) is 0 Å². The SMILES string of the molecule is Cc1nccc2nc(C3CCNC3)cn12. The Morgan fingerprint density at radius 1 is 1.53 bits per heavy atom. The molecule has 1 saturated heterocycles. The average Bonchev–Trinajstić information content (AvgIpc) is 2.86. The predicted molar refractivity (Wildman–Crippen MR) is 58.0 cm³/mol. The first-order chi connectivity index (χ1) is 7.34. The van der Waals surface area contributed by atoms with Crippen molar-refractivity contribution in [3.8, 4) is 0 Å². The van der Waals surface area contributed by atoms with Crippen molar-refractivity contribution in [2.45, 2.75) is 19.3 Å². The third-order valence-electron chi connectivity index (χ3n) is 3.06. The van der Waals surface area contributed by atoms with E-state index in [2.05, 4.69) is 25.9 Å². The first-order valence-corrected chi connectivity index (χ1v) is 5.36. The Morgan fingerprint density at radius 3 is 3.20 bits per heavy atom. The predicted octanol–water partition coefficient (Wildman–Crippen LogP) is 1.11. The van der Waals surface area contributed by atoms with Gasteiger partial charge < -0.3 is 5.32 Å². The minimum Gasteiger partial charge on any atom is -0.316 e. The van der Waals surface area contributed by atoms with E-state index >= 15 is 0 Å². The van der Waals surface area contributed by atoms with E-state index in [-0.39, 0.29) is 0 Å². The van der Waals surface area contributed by atoms with Crippen LogP contribution in [0.2, 0.25) is 0 Å². The highest BCUT2D eigenvalue weighted by Gasteiger charge is 2.19. The molecule has 78 valence electrons. The molecule has 3 heterocycles. The molecule has 4 heteroatoms. The van der Waals surface area contributed by atoms with Crippen LogP contribution in [0.4, 0.5) is 0 Å². The number of rotatable bonds is 1. The summed E-state index contributed by atoms with van der Waals surface area (Å²) in [6, 6.07) is 1.96. The van der Waals surface area contributed by atoms with Crippen molar-refractivity contribution < 1.29 is 0 Å². The fourth-order valence-electron chi connectivity index (χ4n) is 2.17. The van der Waals surface area contributed by atoms with Crippen LogP contribution in [0.1, 0.15) is 23.9 Å². The van der Waals surface area contributed by atoms with E-state index < -0.39 is 0 Å². The highest BCUT2D eigenvalue weighted by Crippen LogP contribution is 2.21. The van der Waals surface area contributed by atoms with Gasteiger partial charge in [0.25, 0.3) is 0 Å². The zero-order valence-electron chi connectivity index (χ0n) is 8.77. The molecule has 0 amide bonds. The third-order valence-corrected chi connectivity index (χ3v) is 3.06. The number of hydrogen-bond donors (Lipinski definition) is 1. The summed E-state index contributed by atoms with van der Waals surface area (Å²) in [5, 5.41) is 3.36. The number of fused-ring (bicyclic) bond motifs is 1. The number of aromatic nitrogens is 3. The molecular formula is C11H14N4. The van der Waals surface area contributed by atoms with E-state index in [4.69, 9.17) is 0 Å². The summed E-state index contributed by atoms with van der Waals surface area (Å²) < 4.78 is 2.06. The molecule has 3 rings (SSSR count). The summed E-state index contributed by atoms with van der Waals surface area (Å²) in [4.78, 5) is 8.89. The number of nitrogens with zero attached hydrogens (tertiary/aromatic N) is 3. The van der Waals surface area contributed by atoms with Crippen molar-refractivity contribution in [3.05, 3.63) is 30.0 Å². The van der Waals surface area contributed by atoms with Gasteiger partial charge in [-0.2, -0.15) is 0 Å². The average molecular weight is 202 g/mol. The molecule has 0 radical (unpaired) electrons. The summed E-state index contributed by atoms with van der Waals surface area (Å²) >= 11 is 0. The van der Waals surface area contributed by atoms with Gasteiger partial charge in [-0.3, -0.25) is 4.40 Å². The first-order valence-electron chi connectivity index (χ1n) is 5.36. The topological polar surface area (TPSA) is 42.2 Å². The van der Waals surface area contributed by atoms with Crippen LogP contribution in [0.15, 0.2) is 18.5 Å². The van der Waals surface area contributed by atoms with Crippen LogP contribution < -0.4 is 5.32 Å². The molecule has 0 spiro atoms. The summed E-state index contributed by atoms with van der Waals surface area (Å²) in [6.45, 7) is 4.16. The van der Waals surface area contributed by atoms with Gasteiger partial charge in [-0.1, -0.05) is 0 Å². The van der Waals surface area contributed by atoms with E-state index in [0.29, 0.717) is 5.92 Å². The maximum atomic E-state index is 4.64. The molecule has 1 unspecified atom stereocenters. The van der Waals surface area contributed by atoms with Gasteiger partial charge in [-0.05, 0) is 26.0 Å². The summed E-state index contributed by atoms with van der Waals surface area (Å²) in [7, 11) is 0. The Morgan fingerprint density at radius 2 is 2.47 bits per heavy atom. The Bertz CT molecular complexity index is 482. The van der Waals surface area contributed by atoms with E-state index in [1.807, 2.05) is 19.2 Å². The number of hydrogen-bond acceptors (Lipinski definition) is 3. The summed E-state index contributed by atoms with van der Waals surface area (Å²) in [5.74, 6) is 1.57. The molecule has 1 atom stereocenters. The van der Waals surface area contributed by atoms with Crippen LogP contribution in [-0.4, -0.2) is 27.5 Å². The van der Waals surface area contributed by atoms with E-state index in [1.165, 1.54) is 12.1 Å².